The summed E-state index contributed by atoms with van der Waals surface area (Å²) < 4.78 is 6.37. The molecule has 0 amide bonds. The summed E-state index contributed by atoms with van der Waals surface area (Å²) in [5, 5.41) is 0.536. The Bertz CT molecular complexity index is 897. The lowest BCUT2D eigenvalue weighted by molar-refractivity contribution is -0.140. The van der Waals surface area contributed by atoms with Gasteiger partial charge in [-0.1, -0.05) is 11.6 Å². The van der Waals surface area contributed by atoms with Gasteiger partial charge in [-0.05, 0) is 18.2 Å². The second kappa shape index (κ2) is 5.21. The van der Waals surface area contributed by atoms with Gasteiger partial charge in [0.25, 0.3) is 5.56 Å². The maximum Gasteiger partial charge on any atom is 0.305 e. The highest BCUT2D eigenvalue weighted by molar-refractivity contribution is 6.31. The number of ether oxygens (including phenoxy) is 1. The van der Waals surface area contributed by atoms with Gasteiger partial charge >= 0.3 is 5.97 Å². The third-order valence-corrected chi connectivity index (χ3v) is 3.53. The van der Waals surface area contributed by atoms with E-state index in [1.165, 1.54) is 13.3 Å². The average Bonchev–Trinajstić information content (AvgIpc) is 2.89. The van der Waals surface area contributed by atoms with Gasteiger partial charge in [-0.15, -0.1) is 0 Å². The van der Waals surface area contributed by atoms with Crippen molar-refractivity contribution in [3.05, 3.63) is 45.6 Å². The fraction of sp³-hybridized carbons (Fsp3) is 0.214. The zero-order valence-electron chi connectivity index (χ0n) is 11.2. The highest BCUT2D eigenvalue weighted by Crippen LogP contribution is 2.19. The Kier molecular flexibility index (Phi) is 3.39. The number of fused-ring (bicyclic) bond motifs is 3. The number of carbonyl (C=O) groups is 1. The van der Waals surface area contributed by atoms with Crippen LogP contribution < -0.4 is 5.56 Å². The van der Waals surface area contributed by atoms with Crippen LogP contribution >= 0.6 is 11.6 Å². The number of aromatic amines is 1. The van der Waals surface area contributed by atoms with Crippen molar-refractivity contribution in [2.75, 3.05) is 7.11 Å². The van der Waals surface area contributed by atoms with Gasteiger partial charge in [-0.25, -0.2) is 4.98 Å². The molecule has 2 aromatic heterocycles. The van der Waals surface area contributed by atoms with Crippen molar-refractivity contribution in [3.63, 3.8) is 0 Å². The van der Waals surface area contributed by atoms with E-state index in [1.807, 2.05) is 6.07 Å². The molecule has 0 bridgehead atoms. The van der Waals surface area contributed by atoms with Crippen molar-refractivity contribution in [1.29, 1.82) is 0 Å². The Morgan fingerprint density at radius 1 is 1.43 bits per heavy atom. The first-order valence-electron chi connectivity index (χ1n) is 6.35. The normalized spacial score (nSPS) is 11.1. The first-order chi connectivity index (χ1) is 10.1. The number of methoxy groups -OCH3 is 1. The minimum Gasteiger partial charge on any atom is -0.469 e. The van der Waals surface area contributed by atoms with Gasteiger partial charge in [0.2, 0.25) is 0 Å². The molecule has 0 atom stereocenters. The standard InChI is InChI=1S/C14H12ClN3O3/c1-21-13(19)5-4-12-16-7-11-14(20)17-9-6-8(15)2-3-10(9)18(11)12/h2-3,6-7H,4-5H2,1H3,(H,17,20). The number of hydrogen-bond donors (Lipinski definition) is 1. The quantitative estimate of drug-likeness (QED) is 0.750. The molecule has 1 N–H and O–H groups in total. The van der Waals surface area contributed by atoms with Crippen LogP contribution in [0.2, 0.25) is 5.02 Å². The number of esters is 1. The first-order valence-corrected chi connectivity index (χ1v) is 6.72. The van der Waals surface area contributed by atoms with Gasteiger partial charge in [0.15, 0.2) is 0 Å². The summed E-state index contributed by atoms with van der Waals surface area (Å²) >= 11 is 5.95. The number of nitrogens with zero attached hydrogens (tertiary/aromatic N) is 2. The zero-order chi connectivity index (χ0) is 15.0. The fourth-order valence-corrected chi connectivity index (χ4v) is 2.47. The molecular weight excluding hydrogens is 294 g/mol. The van der Waals surface area contributed by atoms with Crippen LogP contribution in [0.25, 0.3) is 16.6 Å². The molecule has 0 radical (unpaired) electrons. The molecule has 0 unspecified atom stereocenters. The van der Waals surface area contributed by atoms with Gasteiger partial charge in [-0.3, -0.25) is 14.0 Å². The molecule has 7 heteroatoms. The van der Waals surface area contributed by atoms with Gasteiger partial charge in [0.05, 0.1) is 30.8 Å². The van der Waals surface area contributed by atoms with Crippen molar-refractivity contribution in [2.45, 2.75) is 12.8 Å². The van der Waals surface area contributed by atoms with Crippen LogP contribution in [-0.4, -0.2) is 27.4 Å². The summed E-state index contributed by atoms with van der Waals surface area (Å²) in [6, 6.07) is 5.23. The molecular formula is C14H12ClN3O3. The van der Waals surface area contributed by atoms with E-state index < -0.39 is 0 Å². The second-order valence-electron chi connectivity index (χ2n) is 4.59. The number of aryl methyl sites for hydroxylation is 1. The van der Waals surface area contributed by atoms with Gasteiger partial charge in [-0.2, -0.15) is 0 Å². The van der Waals surface area contributed by atoms with E-state index in [9.17, 15) is 9.59 Å². The predicted octanol–water partition coefficient (Wildman–Crippen LogP) is 1.93. The van der Waals surface area contributed by atoms with Gasteiger partial charge in [0, 0.05) is 11.4 Å². The lowest BCUT2D eigenvalue weighted by Crippen LogP contribution is -2.12. The van der Waals surface area contributed by atoms with Crippen LogP contribution in [0.3, 0.4) is 0 Å². The summed E-state index contributed by atoms with van der Waals surface area (Å²) in [6.45, 7) is 0. The molecule has 21 heavy (non-hydrogen) atoms. The van der Waals surface area contributed by atoms with E-state index in [4.69, 9.17) is 11.6 Å². The van der Waals surface area contributed by atoms with E-state index in [1.54, 1.807) is 16.5 Å². The number of rotatable bonds is 3. The summed E-state index contributed by atoms with van der Waals surface area (Å²) in [6.07, 6.45) is 2.10. The molecule has 0 saturated heterocycles. The van der Waals surface area contributed by atoms with E-state index >= 15 is 0 Å². The number of hydrogen-bond acceptors (Lipinski definition) is 4. The van der Waals surface area contributed by atoms with E-state index in [0.717, 1.165) is 5.52 Å². The zero-order valence-corrected chi connectivity index (χ0v) is 12.0. The number of imidazole rings is 1. The molecule has 0 aliphatic rings. The molecule has 6 nitrogen and oxygen atoms in total. The molecule has 108 valence electrons. The van der Waals surface area contributed by atoms with E-state index in [2.05, 4.69) is 14.7 Å². The molecule has 0 fully saturated rings. The van der Waals surface area contributed by atoms with E-state index in [-0.39, 0.29) is 17.9 Å². The smallest absolute Gasteiger partial charge is 0.305 e. The Balaban J connectivity index is 2.20. The Labute approximate surface area is 124 Å². The number of nitrogens with one attached hydrogen (secondary N) is 1. The molecule has 2 heterocycles. The molecule has 0 spiro atoms. The Morgan fingerprint density at radius 2 is 2.24 bits per heavy atom. The van der Waals surface area contributed by atoms with Crippen LogP contribution in [-0.2, 0) is 16.0 Å². The Hall–Kier alpha value is -2.34. The van der Waals surface area contributed by atoms with Gasteiger partial charge < -0.3 is 9.72 Å². The van der Waals surface area contributed by atoms with Crippen molar-refractivity contribution in [3.8, 4) is 0 Å². The lowest BCUT2D eigenvalue weighted by Gasteiger charge is -2.06. The van der Waals surface area contributed by atoms with Crippen molar-refractivity contribution in [1.82, 2.24) is 14.4 Å². The molecule has 0 saturated carbocycles. The second-order valence-corrected chi connectivity index (χ2v) is 5.02. The van der Waals surface area contributed by atoms with Crippen LogP contribution in [0.1, 0.15) is 12.2 Å². The van der Waals surface area contributed by atoms with Crippen molar-refractivity contribution in [2.24, 2.45) is 0 Å². The maximum absolute atomic E-state index is 12.1. The highest BCUT2D eigenvalue weighted by atomic mass is 35.5. The number of H-pyrrole nitrogens is 1. The summed E-state index contributed by atoms with van der Waals surface area (Å²) in [5.41, 5.74) is 1.59. The lowest BCUT2D eigenvalue weighted by atomic mass is 10.2. The Morgan fingerprint density at radius 3 is 3.00 bits per heavy atom. The fourth-order valence-electron chi connectivity index (χ4n) is 2.30. The largest absolute Gasteiger partial charge is 0.469 e. The summed E-state index contributed by atoms with van der Waals surface area (Å²) in [7, 11) is 1.34. The van der Waals surface area contributed by atoms with Crippen LogP contribution in [0.15, 0.2) is 29.2 Å². The van der Waals surface area contributed by atoms with E-state index in [0.29, 0.717) is 28.3 Å². The predicted molar refractivity (Wildman–Crippen MR) is 78.7 cm³/mol. The van der Waals surface area contributed by atoms with Crippen LogP contribution in [0, 0.1) is 0 Å². The third-order valence-electron chi connectivity index (χ3n) is 3.30. The molecule has 0 aliphatic heterocycles. The SMILES string of the molecule is COC(=O)CCc1ncc2c(=O)[nH]c3cc(Cl)ccc3n12. The van der Waals surface area contributed by atoms with Crippen molar-refractivity contribution >= 4 is 34.1 Å². The topological polar surface area (TPSA) is 76.5 Å². The van der Waals surface area contributed by atoms with Crippen LogP contribution in [0.5, 0.6) is 0 Å². The molecule has 0 aliphatic carbocycles. The number of aromatic nitrogens is 3. The first kappa shape index (κ1) is 13.6. The molecule has 3 rings (SSSR count). The highest BCUT2D eigenvalue weighted by Gasteiger charge is 2.12. The number of carbonyl (C=O) groups excluding carboxylic acids is 1. The summed E-state index contributed by atoms with van der Waals surface area (Å²) in [4.78, 5) is 30.3. The third kappa shape index (κ3) is 2.38. The van der Waals surface area contributed by atoms with Crippen molar-refractivity contribution < 1.29 is 9.53 Å². The average molecular weight is 306 g/mol. The van der Waals surface area contributed by atoms with Gasteiger partial charge in [0.1, 0.15) is 11.3 Å². The summed E-state index contributed by atoms with van der Waals surface area (Å²) in [5.74, 6) is 0.317. The maximum atomic E-state index is 12.1. The minimum absolute atomic E-state index is 0.206. The number of halogens is 1. The molecule has 3 aromatic rings. The number of benzene rings is 1. The molecule has 1 aromatic carbocycles. The van der Waals surface area contributed by atoms with Crippen LogP contribution in [0.4, 0.5) is 0 Å². The monoisotopic (exact) mass is 305 g/mol. The minimum atomic E-state index is -0.316.